The van der Waals surface area contributed by atoms with Crippen LogP contribution in [-0.2, 0) is 0 Å². The molecule has 0 N–H and O–H groups in total. The van der Waals surface area contributed by atoms with E-state index in [1.54, 1.807) is 18.2 Å². The van der Waals surface area contributed by atoms with Gasteiger partial charge in [-0.3, -0.25) is 10.1 Å². The minimum absolute atomic E-state index is 0.123. The third-order valence-electron chi connectivity index (χ3n) is 2.04. The molecule has 7 heteroatoms. The van der Waals surface area contributed by atoms with Crippen molar-refractivity contribution in [3.05, 3.63) is 56.1 Å². The highest BCUT2D eigenvalue weighted by Crippen LogP contribution is 2.34. The Morgan fingerprint density at radius 3 is 2.78 bits per heavy atom. The van der Waals surface area contributed by atoms with Gasteiger partial charge in [0.25, 0.3) is 0 Å². The summed E-state index contributed by atoms with van der Waals surface area (Å²) in [6, 6.07) is 7.67. The number of rotatable bonds is 3. The lowest BCUT2D eigenvalue weighted by molar-refractivity contribution is -0.385. The van der Waals surface area contributed by atoms with E-state index >= 15 is 0 Å². The Labute approximate surface area is 116 Å². The van der Waals surface area contributed by atoms with Crippen molar-refractivity contribution in [3.8, 4) is 11.6 Å². The molecule has 0 unspecified atom stereocenters. The first kappa shape index (κ1) is 12.8. The average molecular weight is 330 g/mol. The van der Waals surface area contributed by atoms with Crippen molar-refractivity contribution in [2.45, 2.75) is 0 Å². The number of nitro benzene ring substituents is 1. The van der Waals surface area contributed by atoms with Gasteiger partial charge in [-0.1, -0.05) is 23.7 Å². The molecule has 1 heterocycles. The number of hydrogen-bond acceptors (Lipinski definition) is 4. The Balaban J connectivity index is 2.37. The molecule has 0 bridgehead atoms. The van der Waals surface area contributed by atoms with Gasteiger partial charge in [-0.05, 0) is 28.1 Å². The molecule has 1 aromatic carbocycles. The molecule has 0 amide bonds. The van der Waals surface area contributed by atoms with Crippen LogP contribution in [0.4, 0.5) is 5.69 Å². The van der Waals surface area contributed by atoms with Gasteiger partial charge in [0.15, 0.2) is 0 Å². The first-order chi connectivity index (χ1) is 8.58. The van der Waals surface area contributed by atoms with Crippen LogP contribution in [-0.4, -0.2) is 9.91 Å². The molecule has 2 aromatic rings. The Hall–Kier alpha value is -1.66. The Kier molecular flexibility index (Phi) is 3.78. The van der Waals surface area contributed by atoms with E-state index < -0.39 is 4.92 Å². The summed E-state index contributed by atoms with van der Waals surface area (Å²) in [6.07, 6.45) is 1.40. The number of aromatic nitrogens is 1. The van der Waals surface area contributed by atoms with Crippen molar-refractivity contribution in [1.82, 2.24) is 4.98 Å². The summed E-state index contributed by atoms with van der Waals surface area (Å²) < 4.78 is 5.92. The van der Waals surface area contributed by atoms with Crippen LogP contribution in [0.15, 0.2) is 41.0 Å². The lowest BCUT2D eigenvalue weighted by Gasteiger charge is -2.06. The topological polar surface area (TPSA) is 65.3 Å². The van der Waals surface area contributed by atoms with E-state index in [1.165, 1.54) is 18.3 Å². The van der Waals surface area contributed by atoms with Gasteiger partial charge in [0.2, 0.25) is 11.6 Å². The Bertz CT molecular complexity index is 607. The normalized spacial score (nSPS) is 10.1. The lowest BCUT2D eigenvalue weighted by atomic mass is 10.3. The molecule has 0 saturated heterocycles. The van der Waals surface area contributed by atoms with E-state index in [0.29, 0.717) is 9.50 Å². The molecular weight excluding hydrogens is 323 g/mol. The molecule has 0 aliphatic rings. The molecule has 0 spiro atoms. The predicted molar refractivity (Wildman–Crippen MR) is 70.1 cm³/mol. The summed E-state index contributed by atoms with van der Waals surface area (Å²) in [5.41, 5.74) is -0.124. The fourth-order valence-electron chi connectivity index (χ4n) is 1.28. The van der Waals surface area contributed by atoms with E-state index in [4.69, 9.17) is 16.3 Å². The molecule has 0 aliphatic heterocycles. The molecule has 0 radical (unpaired) electrons. The van der Waals surface area contributed by atoms with Crippen molar-refractivity contribution in [3.63, 3.8) is 0 Å². The van der Waals surface area contributed by atoms with Gasteiger partial charge >= 0.3 is 5.69 Å². The summed E-state index contributed by atoms with van der Waals surface area (Å²) >= 11 is 8.97. The molecule has 0 atom stereocenters. The highest BCUT2D eigenvalue weighted by molar-refractivity contribution is 9.10. The van der Waals surface area contributed by atoms with Crippen molar-refractivity contribution >= 4 is 33.2 Å². The summed E-state index contributed by atoms with van der Waals surface area (Å²) in [6.45, 7) is 0. The van der Waals surface area contributed by atoms with Crippen LogP contribution in [0.2, 0.25) is 5.02 Å². The maximum absolute atomic E-state index is 10.8. The second-order valence-electron chi connectivity index (χ2n) is 3.27. The predicted octanol–water partition coefficient (Wildman–Crippen LogP) is 4.20. The number of hydrogen-bond donors (Lipinski definition) is 0. The minimum atomic E-state index is -0.515. The highest BCUT2D eigenvalue weighted by Gasteiger charge is 2.16. The van der Waals surface area contributed by atoms with Crippen LogP contribution in [0, 0.1) is 10.1 Å². The zero-order valence-corrected chi connectivity index (χ0v) is 11.2. The van der Waals surface area contributed by atoms with E-state index in [9.17, 15) is 10.1 Å². The van der Waals surface area contributed by atoms with Gasteiger partial charge in [-0.25, -0.2) is 4.98 Å². The average Bonchev–Trinajstić information content (AvgIpc) is 2.33. The summed E-state index contributed by atoms with van der Waals surface area (Å²) in [4.78, 5) is 14.3. The molecule has 1 aromatic heterocycles. The van der Waals surface area contributed by atoms with Crippen molar-refractivity contribution in [2.75, 3.05) is 0 Å². The van der Waals surface area contributed by atoms with E-state index in [1.807, 2.05) is 0 Å². The smallest absolute Gasteiger partial charge is 0.311 e. The zero-order valence-electron chi connectivity index (χ0n) is 8.84. The Morgan fingerprint density at radius 2 is 2.11 bits per heavy atom. The number of pyridine rings is 1. The van der Waals surface area contributed by atoms with Crippen LogP contribution in [0.1, 0.15) is 0 Å². The number of ether oxygens (including phenoxy) is 1. The third-order valence-corrected chi connectivity index (χ3v) is 2.82. The van der Waals surface area contributed by atoms with Crippen LogP contribution >= 0.6 is 27.5 Å². The van der Waals surface area contributed by atoms with Gasteiger partial charge < -0.3 is 4.74 Å². The highest BCUT2D eigenvalue weighted by atomic mass is 79.9. The molecule has 5 nitrogen and oxygen atoms in total. The first-order valence-electron chi connectivity index (χ1n) is 4.80. The molecule has 92 valence electrons. The molecule has 0 saturated carbocycles. The fourth-order valence-corrected chi connectivity index (χ4v) is 2.00. The van der Waals surface area contributed by atoms with Crippen molar-refractivity contribution in [1.29, 1.82) is 0 Å². The monoisotopic (exact) mass is 328 g/mol. The van der Waals surface area contributed by atoms with Crippen molar-refractivity contribution in [2.24, 2.45) is 0 Å². The summed E-state index contributed by atoms with van der Waals surface area (Å²) in [5.74, 6) is 0.340. The van der Waals surface area contributed by atoms with Crippen LogP contribution in [0.5, 0.6) is 11.6 Å². The SMILES string of the molecule is O=[N+]([O-])c1ccccc1Oc1ncc(Cl)cc1Br. The molecule has 18 heavy (non-hydrogen) atoms. The largest absolute Gasteiger partial charge is 0.431 e. The lowest BCUT2D eigenvalue weighted by Crippen LogP contribution is -1.94. The van der Waals surface area contributed by atoms with Gasteiger partial charge in [-0.2, -0.15) is 0 Å². The van der Waals surface area contributed by atoms with Gasteiger partial charge in [-0.15, -0.1) is 0 Å². The zero-order chi connectivity index (χ0) is 13.1. The fraction of sp³-hybridized carbons (Fsp3) is 0. The minimum Gasteiger partial charge on any atom is -0.431 e. The van der Waals surface area contributed by atoms with Crippen LogP contribution in [0.25, 0.3) is 0 Å². The molecule has 0 fully saturated rings. The second kappa shape index (κ2) is 5.32. The van der Waals surface area contributed by atoms with Gasteiger partial charge in [0.1, 0.15) is 0 Å². The van der Waals surface area contributed by atoms with Crippen molar-refractivity contribution < 1.29 is 9.66 Å². The number of para-hydroxylation sites is 2. The number of nitrogens with zero attached hydrogens (tertiary/aromatic N) is 2. The number of nitro groups is 1. The molecular formula is C11H6BrClN2O3. The third kappa shape index (κ3) is 2.77. The first-order valence-corrected chi connectivity index (χ1v) is 5.97. The van der Waals surface area contributed by atoms with Gasteiger partial charge in [0.05, 0.1) is 14.4 Å². The quantitative estimate of drug-likeness (QED) is 0.625. The second-order valence-corrected chi connectivity index (χ2v) is 4.56. The summed E-state index contributed by atoms with van der Waals surface area (Å²) in [7, 11) is 0. The molecule has 2 rings (SSSR count). The number of halogens is 2. The van der Waals surface area contributed by atoms with Crippen LogP contribution in [0.3, 0.4) is 0 Å². The van der Waals surface area contributed by atoms with Crippen LogP contribution < -0.4 is 4.74 Å². The van der Waals surface area contributed by atoms with Gasteiger partial charge in [0, 0.05) is 12.3 Å². The maximum atomic E-state index is 10.8. The maximum Gasteiger partial charge on any atom is 0.311 e. The Morgan fingerprint density at radius 1 is 1.39 bits per heavy atom. The van der Waals surface area contributed by atoms with E-state index in [0.717, 1.165) is 0 Å². The molecule has 0 aliphatic carbocycles. The summed E-state index contributed by atoms with van der Waals surface area (Å²) in [5, 5.41) is 11.3. The van der Waals surface area contributed by atoms with E-state index in [-0.39, 0.29) is 17.3 Å². The standard InChI is InChI=1S/C11H6BrClN2O3/c12-8-5-7(13)6-14-11(8)18-10-4-2-1-3-9(10)15(16)17/h1-6H. The number of benzene rings is 1. The van der Waals surface area contributed by atoms with E-state index in [2.05, 4.69) is 20.9 Å².